The Labute approximate surface area is 155 Å². The number of halogens is 4. The molecule has 0 saturated carbocycles. The van der Waals surface area contributed by atoms with Crippen LogP contribution in [-0.4, -0.2) is 24.4 Å². The summed E-state index contributed by atoms with van der Waals surface area (Å²) in [6.07, 6.45) is 5.64. The summed E-state index contributed by atoms with van der Waals surface area (Å²) in [7, 11) is 0. The average molecular weight is 394 g/mol. The molecule has 3 heterocycles. The smallest absolute Gasteiger partial charge is 0.333 e. The number of alkyl halides is 2. The van der Waals surface area contributed by atoms with Crippen LogP contribution in [0, 0.1) is 5.82 Å². The lowest BCUT2D eigenvalue weighted by atomic mass is 10.2. The van der Waals surface area contributed by atoms with Gasteiger partial charge in [0.2, 0.25) is 5.88 Å². The molecule has 0 atom stereocenters. The fraction of sp³-hybridized carbons (Fsp3) is 0.118. The monoisotopic (exact) mass is 393 g/mol. The normalized spacial score (nSPS) is 11.4. The van der Waals surface area contributed by atoms with Crippen molar-refractivity contribution in [2.24, 2.45) is 0 Å². The van der Waals surface area contributed by atoms with Crippen LogP contribution in [0.15, 0.2) is 49.1 Å². The van der Waals surface area contributed by atoms with Crippen molar-refractivity contribution in [1.82, 2.24) is 24.4 Å². The minimum absolute atomic E-state index is 0.0204. The first-order valence-corrected chi connectivity index (χ1v) is 8.13. The van der Waals surface area contributed by atoms with Crippen LogP contribution in [0.4, 0.5) is 13.2 Å². The molecule has 0 saturated heterocycles. The Hall–Kier alpha value is -3.07. The molecule has 1 aromatic carbocycles. The molecule has 6 nitrogen and oxygen atoms in total. The summed E-state index contributed by atoms with van der Waals surface area (Å²) in [5.41, 5.74) is 1.86. The highest BCUT2D eigenvalue weighted by Gasteiger charge is 2.14. The minimum atomic E-state index is -2.73. The summed E-state index contributed by atoms with van der Waals surface area (Å²) in [6, 6.07) is 5.57. The highest BCUT2D eigenvalue weighted by Crippen LogP contribution is 2.26. The van der Waals surface area contributed by atoms with Gasteiger partial charge in [-0.1, -0.05) is 11.6 Å². The Morgan fingerprint density at radius 2 is 2.00 bits per heavy atom. The van der Waals surface area contributed by atoms with Crippen molar-refractivity contribution in [3.8, 4) is 17.0 Å². The lowest BCUT2D eigenvalue weighted by Crippen LogP contribution is -2.00. The third-order valence-corrected chi connectivity index (χ3v) is 4.21. The van der Waals surface area contributed by atoms with E-state index in [2.05, 4.69) is 15.2 Å². The van der Waals surface area contributed by atoms with E-state index in [0.717, 1.165) is 0 Å². The van der Waals surface area contributed by atoms with Gasteiger partial charge in [-0.15, -0.1) is 0 Å². The number of aromatic nitrogens is 5. The predicted octanol–water partition coefficient (Wildman–Crippen LogP) is 4.36. The van der Waals surface area contributed by atoms with E-state index < -0.39 is 12.4 Å². The molecule has 138 valence electrons. The molecule has 0 spiro atoms. The van der Waals surface area contributed by atoms with E-state index in [1.54, 1.807) is 12.3 Å². The van der Waals surface area contributed by atoms with Gasteiger partial charge < -0.3 is 4.74 Å². The highest BCUT2D eigenvalue weighted by atomic mass is 35.5. The molecule has 27 heavy (non-hydrogen) atoms. The fourth-order valence-corrected chi connectivity index (χ4v) is 2.70. The summed E-state index contributed by atoms with van der Waals surface area (Å²) >= 11 is 6.02. The van der Waals surface area contributed by atoms with Gasteiger partial charge in [0, 0.05) is 40.2 Å². The molecule has 0 aliphatic heterocycles. The van der Waals surface area contributed by atoms with E-state index in [9.17, 15) is 13.2 Å². The average Bonchev–Trinajstić information content (AvgIpc) is 3.28. The zero-order chi connectivity index (χ0) is 19.0. The van der Waals surface area contributed by atoms with Crippen molar-refractivity contribution >= 4 is 17.2 Å². The van der Waals surface area contributed by atoms with Crippen LogP contribution >= 0.6 is 11.6 Å². The van der Waals surface area contributed by atoms with Gasteiger partial charge in [-0.25, -0.2) is 13.6 Å². The lowest BCUT2D eigenvalue weighted by Gasteiger charge is -2.07. The number of hydrogen-bond acceptors (Lipinski definition) is 4. The second-order valence-electron chi connectivity index (χ2n) is 5.60. The summed E-state index contributed by atoms with van der Waals surface area (Å²) in [5.74, 6) is -0.165. The molecule has 0 radical (unpaired) electrons. The third kappa shape index (κ3) is 3.45. The number of benzene rings is 1. The SMILES string of the molecule is Fc1ccc(Cl)c(COc2ccn3ncc(-c4cnn(C(F)F)c4)c3n2)c1. The predicted molar refractivity (Wildman–Crippen MR) is 91.2 cm³/mol. The van der Waals surface area contributed by atoms with Crippen LogP contribution in [0.25, 0.3) is 16.8 Å². The molecular formula is C17H11ClF3N5O. The standard InChI is InChI=1S/C17H11ClF3N5O/c18-14-2-1-12(19)5-10(14)9-27-15-3-4-25-16(24-15)13(7-23-25)11-6-22-26(8-11)17(20)21/h1-8,17H,9H2. The van der Waals surface area contributed by atoms with Gasteiger partial charge in [0.1, 0.15) is 12.4 Å². The number of hydrogen-bond donors (Lipinski definition) is 0. The maximum atomic E-state index is 13.3. The molecule has 0 fully saturated rings. The van der Waals surface area contributed by atoms with Crippen molar-refractivity contribution in [3.05, 3.63) is 65.5 Å². The lowest BCUT2D eigenvalue weighted by molar-refractivity contribution is 0.0566. The van der Waals surface area contributed by atoms with Crippen molar-refractivity contribution < 1.29 is 17.9 Å². The molecule has 0 amide bonds. The highest BCUT2D eigenvalue weighted by molar-refractivity contribution is 6.31. The second kappa shape index (κ2) is 6.92. The van der Waals surface area contributed by atoms with Crippen LogP contribution in [0.2, 0.25) is 5.02 Å². The van der Waals surface area contributed by atoms with Gasteiger partial charge in [-0.05, 0) is 18.2 Å². The van der Waals surface area contributed by atoms with E-state index in [4.69, 9.17) is 16.3 Å². The quantitative estimate of drug-likeness (QED) is 0.505. The maximum Gasteiger partial charge on any atom is 0.333 e. The Bertz CT molecular complexity index is 1110. The Morgan fingerprint density at radius 1 is 1.15 bits per heavy atom. The molecular weight excluding hydrogens is 383 g/mol. The number of nitrogens with zero attached hydrogens (tertiary/aromatic N) is 5. The Balaban J connectivity index is 1.62. The Kier molecular flexibility index (Phi) is 4.44. The first-order chi connectivity index (χ1) is 13.0. The van der Waals surface area contributed by atoms with Crippen LogP contribution < -0.4 is 4.74 Å². The molecule has 0 unspecified atom stereocenters. The van der Waals surface area contributed by atoms with E-state index in [1.165, 1.54) is 41.3 Å². The van der Waals surface area contributed by atoms with E-state index in [-0.39, 0.29) is 12.5 Å². The summed E-state index contributed by atoms with van der Waals surface area (Å²) in [6.45, 7) is -2.71. The number of fused-ring (bicyclic) bond motifs is 1. The summed E-state index contributed by atoms with van der Waals surface area (Å²) in [5, 5.41) is 8.13. The van der Waals surface area contributed by atoms with Gasteiger partial charge in [-0.2, -0.15) is 24.0 Å². The number of rotatable bonds is 5. The topological polar surface area (TPSA) is 57.2 Å². The summed E-state index contributed by atoms with van der Waals surface area (Å²) < 4.78 is 46.4. The van der Waals surface area contributed by atoms with Gasteiger partial charge in [-0.3, -0.25) is 0 Å². The fourth-order valence-electron chi connectivity index (χ4n) is 2.53. The van der Waals surface area contributed by atoms with E-state index in [0.29, 0.717) is 32.0 Å². The minimum Gasteiger partial charge on any atom is -0.473 e. The van der Waals surface area contributed by atoms with Crippen molar-refractivity contribution in [3.63, 3.8) is 0 Å². The van der Waals surface area contributed by atoms with E-state index >= 15 is 0 Å². The largest absolute Gasteiger partial charge is 0.473 e. The van der Waals surface area contributed by atoms with Crippen molar-refractivity contribution in [2.75, 3.05) is 0 Å². The molecule has 4 rings (SSSR count). The third-order valence-electron chi connectivity index (χ3n) is 3.84. The van der Waals surface area contributed by atoms with Gasteiger partial charge in [0.05, 0.1) is 12.4 Å². The first kappa shape index (κ1) is 17.3. The van der Waals surface area contributed by atoms with E-state index in [1.807, 2.05) is 0 Å². The molecule has 0 aliphatic carbocycles. The zero-order valence-corrected chi connectivity index (χ0v) is 14.3. The summed E-state index contributed by atoms with van der Waals surface area (Å²) in [4.78, 5) is 4.35. The van der Waals surface area contributed by atoms with Crippen molar-refractivity contribution in [2.45, 2.75) is 13.2 Å². The van der Waals surface area contributed by atoms with Crippen LogP contribution in [0.3, 0.4) is 0 Å². The van der Waals surface area contributed by atoms with Crippen molar-refractivity contribution in [1.29, 1.82) is 0 Å². The van der Waals surface area contributed by atoms with Gasteiger partial charge in [0.15, 0.2) is 5.65 Å². The second-order valence-corrected chi connectivity index (χ2v) is 6.01. The molecule has 0 bridgehead atoms. The van der Waals surface area contributed by atoms with Crippen LogP contribution in [0.1, 0.15) is 12.1 Å². The van der Waals surface area contributed by atoms with Crippen LogP contribution in [0.5, 0.6) is 5.88 Å². The molecule has 3 aromatic heterocycles. The Morgan fingerprint density at radius 3 is 2.78 bits per heavy atom. The first-order valence-electron chi connectivity index (χ1n) is 7.75. The number of ether oxygens (including phenoxy) is 1. The van der Waals surface area contributed by atoms with Gasteiger partial charge >= 0.3 is 6.55 Å². The zero-order valence-electron chi connectivity index (χ0n) is 13.6. The molecule has 0 N–H and O–H groups in total. The van der Waals surface area contributed by atoms with Crippen LogP contribution in [-0.2, 0) is 6.61 Å². The maximum absolute atomic E-state index is 13.3. The molecule has 10 heteroatoms. The van der Waals surface area contributed by atoms with Gasteiger partial charge in [0.25, 0.3) is 0 Å². The molecule has 4 aromatic rings. The molecule has 0 aliphatic rings.